The van der Waals surface area contributed by atoms with Crippen LogP contribution in [0.5, 0.6) is 0 Å². The van der Waals surface area contributed by atoms with E-state index >= 15 is 0 Å². The molecule has 0 spiro atoms. The van der Waals surface area contributed by atoms with Gasteiger partial charge < -0.3 is 19.7 Å². The predicted molar refractivity (Wildman–Crippen MR) is 115 cm³/mol. The van der Waals surface area contributed by atoms with Gasteiger partial charge in [0.2, 0.25) is 0 Å². The lowest BCUT2D eigenvalue weighted by Crippen LogP contribution is -2.48. The van der Waals surface area contributed by atoms with E-state index in [0.717, 1.165) is 23.3 Å². The highest BCUT2D eigenvalue weighted by Crippen LogP contribution is 2.37. The largest absolute Gasteiger partial charge is 0.434 e. The minimum atomic E-state index is -5.75. The molecular weight excluding hydrogens is 512 g/mol. The molecule has 3 fully saturated rings. The molecule has 3 aliphatic heterocycles. The Bertz CT molecular complexity index is 950. The van der Waals surface area contributed by atoms with Gasteiger partial charge in [0.15, 0.2) is 5.69 Å². The fourth-order valence-corrected chi connectivity index (χ4v) is 5.13. The molecule has 37 heavy (non-hydrogen) atoms. The van der Waals surface area contributed by atoms with Crippen LogP contribution < -0.4 is 5.32 Å². The average Bonchev–Trinajstić information content (AvgIpc) is 3.50. The summed E-state index contributed by atoms with van der Waals surface area (Å²) in [5, 5.41) is 7.41. The van der Waals surface area contributed by atoms with Gasteiger partial charge in [-0.1, -0.05) is 0 Å². The zero-order chi connectivity index (χ0) is 27.0. The highest BCUT2D eigenvalue weighted by atomic mass is 19.4. The number of alkyl halides is 6. The van der Waals surface area contributed by atoms with E-state index in [9.17, 15) is 35.9 Å². The summed E-state index contributed by atoms with van der Waals surface area (Å²) in [7, 11) is 0. The Morgan fingerprint density at radius 2 is 1.68 bits per heavy atom. The van der Waals surface area contributed by atoms with E-state index in [2.05, 4.69) is 20.1 Å². The summed E-state index contributed by atoms with van der Waals surface area (Å²) in [4.78, 5) is 28.0. The molecule has 0 aromatic carbocycles. The van der Waals surface area contributed by atoms with E-state index in [1.165, 1.54) is 0 Å². The Balaban J connectivity index is 1.34. The monoisotopic (exact) mass is 541 g/mol. The second-order valence-electron chi connectivity index (χ2n) is 9.68. The maximum atomic E-state index is 12.9. The number of fused-ring (bicyclic) bond motifs is 1. The minimum Gasteiger partial charge on any atom is -0.426 e. The van der Waals surface area contributed by atoms with Crippen molar-refractivity contribution in [1.82, 2.24) is 24.9 Å². The second-order valence-corrected chi connectivity index (χ2v) is 9.68. The number of halogens is 6. The van der Waals surface area contributed by atoms with Crippen LogP contribution in [0.3, 0.4) is 0 Å². The van der Waals surface area contributed by atoms with Crippen molar-refractivity contribution in [1.29, 1.82) is 0 Å². The van der Waals surface area contributed by atoms with Gasteiger partial charge in [0.25, 0.3) is 12.0 Å². The zero-order valence-electron chi connectivity index (χ0n) is 20.1. The van der Waals surface area contributed by atoms with Gasteiger partial charge in [-0.25, -0.2) is 4.79 Å². The molecule has 0 bridgehead atoms. The van der Waals surface area contributed by atoms with Crippen LogP contribution in [-0.2, 0) is 22.6 Å². The molecule has 208 valence electrons. The van der Waals surface area contributed by atoms with E-state index < -0.39 is 24.5 Å². The van der Waals surface area contributed by atoms with Crippen LogP contribution in [-0.4, -0.2) is 95.5 Å². The summed E-state index contributed by atoms with van der Waals surface area (Å²) in [5.74, 6) is -0.543. The molecule has 1 aromatic rings. The quantitative estimate of drug-likeness (QED) is 0.558. The van der Waals surface area contributed by atoms with Crippen molar-refractivity contribution in [2.24, 2.45) is 11.8 Å². The lowest BCUT2D eigenvalue weighted by atomic mass is 10.0. The number of aromatic nitrogens is 2. The molecule has 0 radical (unpaired) electrons. The Morgan fingerprint density at radius 3 is 2.22 bits per heavy atom. The second kappa shape index (κ2) is 10.7. The van der Waals surface area contributed by atoms with Crippen molar-refractivity contribution in [3.63, 3.8) is 0 Å². The first-order valence-corrected chi connectivity index (χ1v) is 12.1. The first-order chi connectivity index (χ1) is 17.3. The maximum Gasteiger partial charge on any atom is 0.434 e. The molecule has 4 rings (SSSR count). The third kappa shape index (κ3) is 6.48. The van der Waals surface area contributed by atoms with Crippen LogP contribution in [0.15, 0.2) is 6.20 Å². The fraction of sp³-hybridized carbons (Fsp3) is 0.773. The number of hydrogen-bond donors (Lipinski definition) is 1. The molecular formula is C22H29F6N5O4. The molecule has 15 heteroatoms. The van der Waals surface area contributed by atoms with Crippen molar-refractivity contribution >= 4 is 12.0 Å². The normalized spacial score (nSPS) is 23.5. The average molecular weight is 541 g/mol. The lowest BCUT2D eigenvalue weighted by molar-refractivity contribution is -0.308. The van der Waals surface area contributed by atoms with Crippen molar-refractivity contribution in [2.75, 3.05) is 39.4 Å². The Labute approximate surface area is 209 Å². The van der Waals surface area contributed by atoms with Crippen LogP contribution in [0, 0.1) is 11.8 Å². The van der Waals surface area contributed by atoms with E-state index in [-0.39, 0.29) is 36.9 Å². The summed E-state index contributed by atoms with van der Waals surface area (Å²) >= 11 is 0. The number of rotatable bonds is 6. The molecule has 9 nitrogen and oxygen atoms in total. The number of carbonyl (C=O) groups is 2. The smallest absolute Gasteiger partial charge is 0.426 e. The Hall–Kier alpha value is -2.55. The first-order valence-electron chi connectivity index (χ1n) is 12.1. The number of nitrogens with zero attached hydrogens (tertiary/aromatic N) is 4. The maximum absolute atomic E-state index is 12.9. The van der Waals surface area contributed by atoms with Crippen LogP contribution in [0.4, 0.5) is 31.1 Å². The molecule has 3 saturated heterocycles. The highest BCUT2D eigenvalue weighted by molar-refractivity contribution is 5.93. The van der Waals surface area contributed by atoms with E-state index in [1.807, 2.05) is 6.92 Å². The van der Waals surface area contributed by atoms with Crippen LogP contribution in [0.25, 0.3) is 0 Å². The van der Waals surface area contributed by atoms with E-state index in [4.69, 9.17) is 4.74 Å². The molecule has 0 saturated carbocycles. The first kappa shape index (κ1) is 27.5. The Kier molecular flexibility index (Phi) is 7.93. The van der Waals surface area contributed by atoms with E-state index in [0.29, 0.717) is 45.1 Å². The molecule has 1 aromatic heterocycles. The summed E-state index contributed by atoms with van der Waals surface area (Å²) in [6.07, 6.45) is -14.1. The van der Waals surface area contributed by atoms with Gasteiger partial charge in [-0.3, -0.25) is 14.4 Å². The molecule has 2 amide bonds. The summed E-state index contributed by atoms with van der Waals surface area (Å²) in [6, 6.07) is 0.00653. The molecule has 4 heterocycles. The number of likely N-dealkylation sites (tertiary alicyclic amines) is 2. The van der Waals surface area contributed by atoms with Gasteiger partial charge in [-0.05, 0) is 31.6 Å². The minimum absolute atomic E-state index is 0.00620. The zero-order valence-corrected chi connectivity index (χ0v) is 20.1. The van der Waals surface area contributed by atoms with Gasteiger partial charge in [-0.15, -0.1) is 0 Å². The predicted octanol–water partition coefficient (Wildman–Crippen LogP) is 2.81. The summed E-state index contributed by atoms with van der Waals surface area (Å²) in [5.41, 5.74) is 1.04. The van der Waals surface area contributed by atoms with Crippen LogP contribution in [0.2, 0.25) is 0 Å². The molecule has 2 atom stereocenters. The number of amides is 2. The number of ether oxygens (including phenoxy) is 2. The van der Waals surface area contributed by atoms with Crippen molar-refractivity contribution < 1.29 is 45.4 Å². The van der Waals surface area contributed by atoms with Crippen molar-refractivity contribution in [3.05, 3.63) is 17.5 Å². The topological polar surface area (TPSA) is 88.9 Å². The van der Waals surface area contributed by atoms with Gasteiger partial charge in [0, 0.05) is 70.3 Å². The van der Waals surface area contributed by atoms with Gasteiger partial charge >= 0.3 is 18.4 Å². The number of hydrogen-bond acceptors (Lipinski definition) is 6. The van der Waals surface area contributed by atoms with Crippen molar-refractivity contribution in [2.45, 2.75) is 57.4 Å². The highest BCUT2D eigenvalue weighted by Gasteiger charge is 2.60. The third-order valence-electron chi connectivity index (χ3n) is 6.96. The number of carbonyl (C=O) groups excluding carboxylic acids is 2. The van der Waals surface area contributed by atoms with Gasteiger partial charge in [0.1, 0.15) is 0 Å². The summed E-state index contributed by atoms with van der Waals surface area (Å²) < 4.78 is 87.2. The van der Waals surface area contributed by atoms with Crippen molar-refractivity contribution in [3.8, 4) is 0 Å². The SMILES string of the molecule is CCn1cc(CN2CC3CN(C(=O)OC(C(F)(F)F)C(F)(F)F)CC3C2)c(C(=O)NC2CCOCC2)n1. The standard InChI is InChI=1S/C22H29F6N5O4/c1-2-33-12-15(17(30-33)18(34)29-16-3-5-36-6-4-16)9-31-7-13-10-32(11-14(13)8-31)20(35)37-19(21(23,24)25)22(26,27)28/h12-14,16,19H,2-11H2,1H3,(H,29,34). The molecule has 0 aliphatic carbocycles. The lowest BCUT2D eigenvalue weighted by Gasteiger charge is -2.26. The van der Waals surface area contributed by atoms with Crippen LogP contribution in [0.1, 0.15) is 35.8 Å². The Morgan fingerprint density at radius 1 is 1.08 bits per heavy atom. The van der Waals surface area contributed by atoms with Gasteiger partial charge in [-0.2, -0.15) is 31.4 Å². The fourth-order valence-electron chi connectivity index (χ4n) is 5.13. The van der Waals surface area contributed by atoms with E-state index in [1.54, 1.807) is 10.9 Å². The van der Waals surface area contributed by atoms with Gasteiger partial charge in [0.05, 0.1) is 0 Å². The molecule has 3 aliphatic rings. The number of aryl methyl sites for hydroxylation is 1. The summed E-state index contributed by atoms with van der Waals surface area (Å²) in [6.45, 7) is 4.94. The number of nitrogens with one attached hydrogen (secondary N) is 1. The molecule has 2 unspecified atom stereocenters. The van der Waals surface area contributed by atoms with Crippen LogP contribution >= 0.6 is 0 Å². The third-order valence-corrected chi connectivity index (χ3v) is 6.96. The molecule has 1 N–H and O–H groups in total.